The molecule has 8 nitrogen and oxygen atoms in total. The van der Waals surface area contributed by atoms with Gasteiger partial charge in [-0.05, 0) is 83.3 Å². The molecule has 1 aliphatic heterocycles. The number of amides is 3. The summed E-state index contributed by atoms with van der Waals surface area (Å²) < 4.78 is 41.9. The van der Waals surface area contributed by atoms with Crippen molar-refractivity contribution in [1.29, 1.82) is 0 Å². The minimum atomic E-state index is -4.69. The number of alkyl halides is 3. The molecular formula is C29H28ClF3N4O4S. The highest BCUT2D eigenvalue weighted by Gasteiger charge is 2.54. The van der Waals surface area contributed by atoms with Crippen LogP contribution in [0.1, 0.15) is 50.3 Å². The number of fused-ring (bicyclic) bond motifs is 1. The number of nitrogens with one attached hydrogen (secondary N) is 2. The summed E-state index contributed by atoms with van der Waals surface area (Å²) in [6, 6.07) is 8.59. The molecule has 1 aliphatic carbocycles. The molecular weight excluding hydrogens is 593 g/mol. The third kappa shape index (κ3) is 5.61. The van der Waals surface area contributed by atoms with Gasteiger partial charge in [0.15, 0.2) is 0 Å². The highest BCUT2D eigenvalue weighted by atomic mass is 35.5. The lowest BCUT2D eigenvalue weighted by atomic mass is 9.56. The normalized spacial score (nSPS) is 22.5. The van der Waals surface area contributed by atoms with Crippen molar-refractivity contribution in [2.75, 3.05) is 6.54 Å². The number of hydrogen-bond acceptors (Lipinski definition) is 5. The van der Waals surface area contributed by atoms with E-state index in [1.807, 2.05) is 20.8 Å². The number of allylic oxidation sites excluding steroid dienone is 1. The van der Waals surface area contributed by atoms with Gasteiger partial charge in [-0.15, -0.1) is 0 Å². The summed E-state index contributed by atoms with van der Waals surface area (Å²) in [5.74, 6) is -0.725. The lowest BCUT2D eigenvalue weighted by Gasteiger charge is -2.55. The van der Waals surface area contributed by atoms with Crippen LogP contribution in [0.15, 0.2) is 47.5 Å². The van der Waals surface area contributed by atoms with E-state index in [0.717, 1.165) is 11.0 Å². The van der Waals surface area contributed by atoms with Gasteiger partial charge in [0, 0.05) is 22.5 Å². The quantitative estimate of drug-likeness (QED) is 0.248. The van der Waals surface area contributed by atoms with E-state index in [1.165, 1.54) is 12.1 Å². The van der Waals surface area contributed by atoms with Crippen LogP contribution < -0.4 is 5.32 Å². The van der Waals surface area contributed by atoms with E-state index < -0.39 is 39.9 Å². The summed E-state index contributed by atoms with van der Waals surface area (Å²) in [7, 11) is 0. The lowest BCUT2D eigenvalue weighted by Crippen LogP contribution is -2.65. The van der Waals surface area contributed by atoms with Gasteiger partial charge in [-0.1, -0.05) is 44.5 Å². The van der Waals surface area contributed by atoms with Crippen LogP contribution in [0.25, 0.3) is 16.5 Å². The summed E-state index contributed by atoms with van der Waals surface area (Å²) in [6.07, 6.45) is -3.66. The van der Waals surface area contributed by atoms with Gasteiger partial charge in [-0.25, -0.2) is 4.79 Å². The molecule has 3 aromatic rings. The van der Waals surface area contributed by atoms with Crippen LogP contribution >= 0.6 is 23.4 Å². The molecule has 2 aliphatic rings. The SMILES string of the molecule is CC(C)(C)[C@]1(NC(=O)O)C[C@H](CN2C(=O)SC(=C(Cc3ccc(Cl)cc3C(F)(F)F)c3ccc4[nH]ncc4c3)C2=O)C1. The smallest absolute Gasteiger partial charge is 0.416 e. The van der Waals surface area contributed by atoms with Crippen LogP contribution in [0.2, 0.25) is 5.02 Å². The van der Waals surface area contributed by atoms with Crippen LogP contribution in [0, 0.1) is 11.3 Å². The van der Waals surface area contributed by atoms with Gasteiger partial charge in [-0.2, -0.15) is 18.3 Å². The third-order valence-electron chi connectivity index (χ3n) is 8.15. The predicted molar refractivity (Wildman–Crippen MR) is 154 cm³/mol. The average molecular weight is 621 g/mol. The molecule has 42 heavy (non-hydrogen) atoms. The predicted octanol–water partition coefficient (Wildman–Crippen LogP) is 7.35. The van der Waals surface area contributed by atoms with Crippen LogP contribution in [-0.2, 0) is 17.4 Å². The van der Waals surface area contributed by atoms with E-state index in [0.29, 0.717) is 41.1 Å². The number of aromatic amines is 1. The molecule has 2 fully saturated rings. The molecule has 0 unspecified atom stereocenters. The maximum absolute atomic E-state index is 14.0. The van der Waals surface area contributed by atoms with Crippen molar-refractivity contribution in [3.05, 3.63) is 69.2 Å². The zero-order valence-corrected chi connectivity index (χ0v) is 24.5. The van der Waals surface area contributed by atoms with Gasteiger partial charge < -0.3 is 10.4 Å². The molecule has 1 saturated carbocycles. The Bertz CT molecular complexity index is 1620. The number of carboxylic acid groups (broad SMARTS) is 1. The van der Waals surface area contributed by atoms with Gasteiger partial charge in [-0.3, -0.25) is 19.6 Å². The van der Waals surface area contributed by atoms with Crippen LogP contribution in [0.3, 0.4) is 0 Å². The fourth-order valence-electron chi connectivity index (χ4n) is 5.76. The summed E-state index contributed by atoms with van der Waals surface area (Å²) in [6.45, 7) is 5.86. The molecule has 1 saturated heterocycles. The number of carbonyl (C=O) groups is 3. The summed E-state index contributed by atoms with van der Waals surface area (Å²) in [5, 5.41) is 18.9. The Balaban J connectivity index is 1.50. The minimum absolute atomic E-state index is 0.0518. The van der Waals surface area contributed by atoms with Crippen molar-refractivity contribution in [2.24, 2.45) is 11.3 Å². The Morgan fingerprint density at radius 1 is 1.19 bits per heavy atom. The van der Waals surface area contributed by atoms with Crippen LogP contribution in [0.4, 0.5) is 22.8 Å². The summed E-state index contributed by atoms with van der Waals surface area (Å²) in [5.41, 5.74) is -0.635. The van der Waals surface area contributed by atoms with Gasteiger partial charge in [0.2, 0.25) is 0 Å². The van der Waals surface area contributed by atoms with E-state index in [-0.39, 0.29) is 39.9 Å². The van der Waals surface area contributed by atoms with Crippen LogP contribution in [0.5, 0.6) is 0 Å². The number of imide groups is 1. The number of benzene rings is 2. The summed E-state index contributed by atoms with van der Waals surface area (Å²) >= 11 is 6.59. The number of hydrogen-bond donors (Lipinski definition) is 3. The molecule has 1 aromatic heterocycles. The van der Waals surface area contributed by atoms with E-state index >= 15 is 0 Å². The number of halogens is 4. The Morgan fingerprint density at radius 3 is 2.55 bits per heavy atom. The second kappa shape index (κ2) is 10.6. The zero-order chi connectivity index (χ0) is 30.6. The highest BCUT2D eigenvalue weighted by molar-refractivity contribution is 8.18. The van der Waals surface area contributed by atoms with Crippen molar-refractivity contribution >= 4 is 57.1 Å². The maximum atomic E-state index is 14.0. The van der Waals surface area contributed by atoms with Gasteiger partial charge >= 0.3 is 12.3 Å². The van der Waals surface area contributed by atoms with E-state index in [2.05, 4.69) is 15.5 Å². The van der Waals surface area contributed by atoms with E-state index in [4.69, 9.17) is 11.6 Å². The van der Waals surface area contributed by atoms with Crippen molar-refractivity contribution in [3.63, 3.8) is 0 Å². The molecule has 0 spiro atoms. The minimum Gasteiger partial charge on any atom is -0.465 e. The van der Waals surface area contributed by atoms with Gasteiger partial charge in [0.1, 0.15) is 0 Å². The second-order valence-corrected chi connectivity index (χ2v) is 13.2. The first kappa shape index (κ1) is 30.0. The molecule has 2 aromatic carbocycles. The number of H-pyrrole nitrogens is 1. The highest BCUT2D eigenvalue weighted by Crippen LogP contribution is 2.50. The molecule has 5 rings (SSSR count). The number of rotatable bonds is 6. The maximum Gasteiger partial charge on any atom is 0.416 e. The van der Waals surface area contributed by atoms with E-state index in [1.54, 1.807) is 24.4 Å². The molecule has 3 N–H and O–H groups in total. The zero-order valence-electron chi connectivity index (χ0n) is 22.9. The number of thioether (sulfide) groups is 1. The average Bonchev–Trinajstić information content (AvgIpc) is 3.44. The number of carbonyl (C=O) groups excluding carboxylic acids is 2. The standard InChI is InChI=1S/C29H28ClF3N4O4S/c1-27(2,3)28(35-25(39)40)11-15(12-28)14-37-24(38)23(42-26(37)41)20(16-5-7-22-18(8-16)13-34-36-22)9-17-4-6-19(30)10-21(17)29(31,32)33/h4-8,10,13,15,35H,9,11-12,14H2,1-3H3,(H,34,36)(H,39,40)/t15-,28-. The summed E-state index contributed by atoms with van der Waals surface area (Å²) in [4.78, 5) is 39.5. The third-order valence-corrected chi connectivity index (χ3v) is 9.41. The first-order valence-electron chi connectivity index (χ1n) is 13.1. The molecule has 3 amide bonds. The Labute approximate surface area is 248 Å². The van der Waals surface area contributed by atoms with Crippen LogP contribution in [-0.4, -0.2) is 49.5 Å². The Morgan fingerprint density at radius 2 is 1.90 bits per heavy atom. The Hall–Kier alpha value is -3.51. The number of nitrogens with zero attached hydrogens (tertiary/aromatic N) is 2. The van der Waals surface area contributed by atoms with Crippen molar-refractivity contribution in [1.82, 2.24) is 20.4 Å². The Kier molecular flexibility index (Phi) is 7.59. The lowest BCUT2D eigenvalue weighted by molar-refractivity contribution is -0.138. The molecule has 0 radical (unpaired) electrons. The van der Waals surface area contributed by atoms with Gasteiger partial charge in [0.25, 0.3) is 11.1 Å². The second-order valence-electron chi connectivity index (χ2n) is 11.8. The molecule has 2 heterocycles. The van der Waals surface area contributed by atoms with Crippen molar-refractivity contribution in [2.45, 2.75) is 51.7 Å². The first-order chi connectivity index (χ1) is 19.6. The van der Waals surface area contributed by atoms with Crippen molar-refractivity contribution in [3.8, 4) is 0 Å². The monoisotopic (exact) mass is 620 g/mol. The van der Waals surface area contributed by atoms with Gasteiger partial charge in [0.05, 0.1) is 22.2 Å². The molecule has 0 atom stereocenters. The molecule has 13 heteroatoms. The topological polar surface area (TPSA) is 115 Å². The largest absolute Gasteiger partial charge is 0.465 e. The fourth-order valence-corrected chi connectivity index (χ4v) is 6.89. The molecule has 222 valence electrons. The molecule has 0 bridgehead atoms. The number of aromatic nitrogens is 2. The first-order valence-corrected chi connectivity index (χ1v) is 14.3. The van der Waals surface area contributed by atoms with Crippen molar-refractivity contribution < 1.29 is 32.7 Å². The fraction of sp³-hybridized carbons (Fsp3) is 0.379. The van der Waals surface area contributed by atoms with E-state index in [9.17, 15) is 32.7 Å².